The molecule has 0 bridgehead atoms. The molecule has 2 aromatic heterocycles. The summed E-state index contributed by atoms with van der Waals surface area (Å²) >= 11 is 0. The average Bonchev–Trinajstić information content (AvgIpc) is 3.17. The fraction of sp³-hybridized carbons (Fsp3) is 0.143. The maximum Gasteiger partial charge on any atom is 0.227 e. The molecular weight excluding hydrogens is 358 g/mol. The second kappa shape index (κ2) is 7.48. The number of fused-ring (bicyclic) bond motifs is 1. The number of methoxy groups -OCH3 is 3. The lowest BCUT2D eigenvalue weighted by Gasteiger charge is -2.14. The second-order valence-corrected chi connectivity index (χ2v) is 5.95. The summed E-state index contributed by atoms with van der Waals surface area (Å²) in [5.74, 6) is 2.05. The third-order valence-corrected chi connectivity index (χ3v) is 4.33. The molecule has 0 atom stereocenters. The van der Waals surface area contributed by atoms with Crippen molar-refractivity contribution in [1.82, 2.24) is 9.97 Å². The van der Waals surface area contributed by atoms with Crippen molar-refractivity contribution in [3.8, 4) is 28.5 Å². The van der Waals surface area contributed by atoms with Gasteiger partial charge in [-0.2, -0.15) is 0 Å². The fourth-order valence-electron chi connectivity index (χ4n) is 3.03. The van der Waals surface area contributed by atoms with E-state index in [2.05, 4.69) is 15.3 Å². The number of furan rings is 1. The molecular formula is C21H19N3O4. The van der Waals surface area contributed by atoms with Gasteiger partial charge in [-0.3, -0.25) is 0 Å². The van der Waals surface area contributed by atoms with Gasteiger partial charge in [0, 0.05) is 35.0 Å². The highest BCUT2D eigenvalue weighted by Gasteiger charge is 2.14. The quantitative estimate of drug-likeness (QED) is 0.523. The van der Waals surface area contributed by atoms with Gasteiger partial charge in [-0.15, -0.1) is 0 Å². The Hall–Kier alpha value is -3.74. The topological polar surface area (TPSA) is 78.6 Å². The largest absolute Gasteiger partial charge is 0.493 e. The Kier molecular flexibility index (Phi) is 4.72. The summed E-state index contributed by atoms with van der Waals surface area (Å²) < 4.78 is 21.8. The van der Waals surface area contributed by atoms with Crippen LogP contribution in [0.1, 0.15) is 0 Å². The Bertz CT molecular complexity index is 1100. The van der Waals surface area contributed by atoms with Gasteiger partial charge in [-0.05, 0) is 12.1 Å². The summed E-state index contributed by atoms with van der Waals surface area (Å²) in [7, 11) is 4.71. The molecule has 7 nitrogen and oxygen atoms in total. The Balaban J connectivity index is 1.69. The van der Waals surface area contributed by atoms with Crippen molar-refractivity contribution in [2.24, 2.45) is 0 Å². The van der Waals surface area contributed by atoms with Crippen LogP contribution in [0.5, 0.6) is 17.2 Å². The molecule has 0 amide bonds. The summed E-state index contributed by atoms with van der Waals surface area (Å²) in [5, 5.41) is 4.19. The molecule has 0 aliphatic carbocycles. The molecule has 0 radical (unpaired) electrons. The van der Waals surface area contributed by atoms with Crippen LogP contribution in [-0.4, -0.2) is 31.3 Å². The lowest BCUT2D eigenvalue weighted by molar-refractivity contribution is 0.324. The SMILES string of the molecule is COc1cc(Nc2nccc(-c3coc4ccccc34)n2)cc(OC)c1OC. The molecule has 0 aliphatic rings. The summed E-state index contributed by atoms with van der Waals surface area (Å²) in [6.07, 6.45) is 3.40. The molecule has 0 unspecified atom stereocenters. The number of hydrogen-bond donors (Lipinski definition) is 1. The van der Waals surface area contributed by atoms with E-state index < -0.39 is 0 Å². The summed E-state index contributed by atoms with van der Waals surface area (Å²) in [4.78, 5) is 8.93. The molecule has 4 aromatic rings. The van der Waals surface area contributed by atoms with Crippen molar-refractivity contribution in [3.05, 3.63) is 54.9 Å². The number of para-hydroxylation sites is 1. The first-order chi connectivity index (χ1) is 13.7. The second-order valence-electron chi connectivity index (χ2n) is 5.95. The molecule has 0 spiro atoms. The molecule has 0 saturated heterocycles. The van der Waals surface area contributed by atoms with Crippen molar-refractivity contribution in [3.63, 3.8) is 0 Å². The third-order valence-electron chi connectivity index (χ3n) is 4.33. The van der Waals surface area contributed by atoms with E-state index in [1.165, 1.54) is 0 Å². The Morgan fingerprint density at radius 2 is 1.68 bits per heavy atom. The predicted molar refractivity (Wildman–Crippen MR) is 107 cm³/mol. The number of anilines is 2. The zero-order chi connectivity index (χ0) is 19.5. The normalized spacial score (nSPS) is 10.7. The monoisotopic (exact) mass is 377 g/mol. The van der Waals surface area contributed by atoms with E-state index >= 15 is 0 Å². The number of hydrogen-bond acceptors (Lipinski definition) is 7. The van der Waals surface area contributed by atoms with Gasteiger partial charge in [-0.25, -0.2) is 9.97 Å². The smallest absolute Gasteiger partial charge is 0.227 e. The van der Waals surface area contributed by atoms with E-state index in [0.717, 1.165) is 22.2 Å². The van der Waals surface area contributed by atoms with Gasteiger partial charge in [0.1, 0.15) is 11.8 Å². The van der Waals surface area contributed by atoms with Crippen LogP contribution in [0.25, 0.3) is 22.2 Å². The standard InChI is InChI=1S/C21H19N3O4/c1-25-18-10-13(11-19(26-2)20(18)27-3)23-21-22-9-8-16(24-21)15-12-28-17-7-5-4-6-14(15)17/h4-12H,1-3H3,(H,22,23,24). The van der Waals surface area contributed by atoms with Crippen molar-refractivity contribution >= 4 is 22.6 Å². The number of benzene rings is 2. The molecule has 0 fully saturated rings. The average molecular weight is 377 g/mol. The van der Waals surface area contributed by atoms with E-state index in [1.54, 1.807) is 45.9 Å². The summed E-state index contributed by atoms with van der Waals surface area (Å²) in [6, 6.07) is 13.3. The van der Waals surface area contributed by atoms with Crippen LogP contribution in [-0.2, 0) is 0 Å². The van der Waals surface area contributed by atoms with Gasteiger partial charge >= 0.3 is 0 Å². The van der Waals surface area contributed by atoms with E-state index in [-0.39, 0.29) is 0 Å². The maximum absolute atomic E-state index is 5.62. The van der Waals surface area contributed by atoms with Crippen LogP contribution in [0, 0.1) is 0 Å². The van der Waals surface area contributed by atoms with Crippen molar-refractivity contribution in [2.75, 3.05) is 26.6 Å². The maximum atomic E-state index is 5.62. The minimum absolute atomic E-state index is 0.442. The van der Waals surface area contributed by atoms with Crippen molar-refractivity contribution in [1.29, 1.82) is 0 Å². The molecule has 0 aliphatic heterocycles. The van der Waals surface area contributed by atoms with Gasteiger partial charge in [-0.1, -0.05) is 18.2 Å². The molecule has 2 heterocycles. The minimum Gasteiger partial charge on any atom is -0.493 e. The van der Waals surface area contributed by atoms with Crippen LogP contribution < -0.4 is 19.5 Å². The molecule has 1 N–H and O–H groups in total. The van der Waals surface area contributed by atoms with Crippen LogP contribution in [0.2, 0.25) is 0 Å². The summed E-state index contributed by atoms with van der Waals surface area (Å²) in [6.45, 7) is 0. The third kappa shape index (κ3) is 3.18. The fourth-order valence-corrected chi connectivity index (χ4v) is 3.03. The lowest BCUT2D eigenvalue weighted by atomic mass is 10.1. The lowest BCUT2D eigenvalue weighted by Crippen LogP contribution is -2.00. The van der Waals surface area contributed by atoms with Gasteiger partial charge in [0.25, 0.3) is 0 Å². The number of aromatic nitrogens is 2. The number of nitrogens with zero attached hydrogens (tertiary/aromatic N) is 2. The van der Waals surface area contributed by atoms with E-state index in [0.29, 0.717) is 28.9 Å². The summed E-state index contributed by atoms with van der Waals surface area (Å²) in [5.41, 5.74) is 3.19. The van der Waals surface area contributed by atoms with E-state index in [1.807, 2.05) is 30.3 Å². The van der Waals surface area contributed by atoms with Gasteiger partial charge < -0.3 is 23.9 Å². The minimum atomic E-state index is 0.442. The first kappa shape index (κ1) is 17.7. The van der Waals surface area contributed by atoms with E-state index in [4.69, 9.17) is 18.6 Å². The van der Waals surface area contributed by atoms with Crippen LogP contribution in [0.4, 0.5) is 11.6 Å². The van der Waals surface area contributed by atoms with Crippen molar-refractivity contribution < 1.29 is 18.6 Å². The zero-order valence-corrected chi connectivity index (χ0v) is 15.7. The van der Waals surface area contributed by atoms with Crippen LogP contribution >= 0.6 is 0 Å². The van der Waals surface area contributed by atoms with Gasteiger partial charge in [0.15, 0.2) is 11.5 Å². The number of ether oxygens (including phenoxy) is 3. The zero-order valence-electron chi connectivity index (χ0n) is 15.7. The first-order valence-corrected chi connectivity index (χ1v) is 8.60. The number of nitrogens with one attached hydrogen (secondary N) is 1. The highest BCUT2D eigenvalue weighted by molar-refractivity contribution is 5.92. The Labute approximate surface area is 161 Å². The molecule has 4 rings (SSSR count). The molecule has 7 heteroatoms. The Morgan fingerprint density at radius 1 is 0.929 bits per heavy atom. The number of rotatable bonds is 6. The van der Waals surface area contributed by atoms with Gasteiger partial charge in [0.05, 0.1) is 27.0 Å². The molecule has 0 saturated carbocycles. The highest BCUT2D eigenvalue weighted by Crippen LogP contribution is 2.40. The Morgan fingerprint density at radius 3 is 2.39 bits per heavy atom. The van der Waals surface area contributed by atoms with E-state index in [9.17, 15) is 0 Å². The highest BCUT2D eigenvalue weighted by atomic mass is 16.5. The van der Waals surface area contributed by atoms with Crippen LogP contribution in [0.3, 0.4) is 0 Å². The molecule has 142 valence electrons. The molecule has 2 aromatic carbocycles. The van der Waals surface area contributed by atoms with Gasteiger partial charge in [0.2, 0.25) is 11.7 Å². The van der Waals surface area contributed by atoms with Crippen LogP contribution in [0.15, 0.2) is 59.3 Å². The first-order valence-electron chi connectivity index (χ1n) is 8.60. The molecule has 28 heavy (non-hydrogen) atoms. The predicted octanol–water partition coefficient (Wildman–Crippen LogP) is 4.66. The van der Waals surface area contributed by atoms with Crippen molar-refractivity contribution in [2.45, 2.75) is 0 Å².